The van der Waals surface area contributed by atoms with E-state index in [1.165, 1.54) is 13.0 Å². The quantitative estimate of drug-likeness (QED) is 0.876. The Bertz CT molecular complexity index is 523. The molecule has 1 aromatic rings. The van der Waals surface area contributed by atoms with Gasteiger partial charge in [-0.05, 0) is 36.5 Å². The molecule has 0 atom stereocenters. The van der Waals surface area contributed by atoms with Crippen LogP contribution in [-0.4, -0.2) is 11.7 Å². The van der Waals surface area contributed by atoms with Crippen LogP contribution in [0.15, 0.2) is 6.07 Å². The van der Waals surface area contributed by atoms with E-state index in [0.717, 1.165) is 12.0 Å². The van der Waals surface area contributed by atoms with Crippen LogP contribution in [0.3, 0.4) is 0 Å². The summed E-state index contributed by atoms with van der Waals surface area (Å²) in [5.41, 5.74) is 2.20. The van der Waals surface area contributed by atoms with E-state index >= 15 is 0 Å². The number of fused-ring (bicyclic) bond motifs is 1. The number of anilines is 1. The van der Waals surface area contributed by atoms with Gasteiger partial charge in [0.25, 0.3) is 0 Å². The van der Waals surface area contributed by atoms with E-state index in [4.69, 9.17) is 0 Å². The standard InChI is InChI=1S/C14H16FNO2/c1-3-9-10-5-4-6-13(18)14(10)12(7-11(9)15)16-8(2)17/h7H,3-6H2,1-2H3,(H,16,17). The molecule has 1 aliphatic carbocycles. The Morgan fingerprint density at radius 2 is 2.17 bits per heavy atom. The smallest absolute Gasteiger partial charge is 0.221 e. The molecule has 0 spiro atoms. The molecule has 96 valence electrons. The van der Waals surface area contributed by atoms with Crippen molar-refractivity contribution < 1.29 is 14.0 Å². The number of halogens is 1. The van der Waals surface area contributed by atoms with Gasteiger partial charge in [0.05, 0.1) is 5.69 Å². The Kier molecular flexibility index (Phi) is 3.45. The zero-order valence-corrected chi connectivity index (χ0v) is 10.6. The highest BCUT2D eigenvalue weighted by Crippen LogP contribution is 2.33. The molecule has 3 nitrogen and oxygen atoms in total. The first-order valence-electron chi connectivity index (χ1n) is 6.19. The molecule has 1 N–H and O–H groups in total. The van der Waals surface area contributed by atoms with Crippen molar-refractivity contribution in [3.8, 4) is 0 Å². The molecule has 1 aliphatic rings. The van der Waals surface area contributed by atoms with Gasteiger partial charge in [-0.3, -0.25) is 9.59 Å². The van der Waals surface area contributed by atoms with Crippen molar-refractivity contribution in [3.63, 3.8) is 0 Å². The third-order valence-corrected chi connectivity index (χ3v) is 3.27. The van der Waals surface area contributed by atoms with E-state index in [1.807, 2.05) is 6.92 Å². The largest absolute Gasteiger partial charge is 0.326 e. The highest BCUT2D eigenvalue weighted by Gasteiger charge is 2.25. The summed E-state index contributed by atoms with van der Waals surface area (Å²) in [7, 11) is 0. The predicted molar refractivity (Wildman–Crippen MR) is 67.4 cm³/mol. The summed E-state index contributed by atoms with van der Waals surface area (Å²) in [5.74, 6) is -0.636. The van der Waals surface area contributed by atoms with Gasteiger partial charge in [0.15, 0.2) is 5.78 Å². The van der Waals surface area contributed by atoms with Gasteiger partial charge in [0, 0.05) is 18.9 Å². The molecule has 0 aliphatic heterocycles. The number of hydrogen-bond donors (Lipinski definition) is 1. The molecule has 0 bridgehead atoms. The van der Waals surface area contributed by atoms with Crippen LogP contribution in [0, 0.1) is 5.82 Å². The van der Waals surface area contributed by atoms with Crippen LogP contribution in [0.2, 0.25) is 0 Å². The maximum atomic E-state index is 14.0. The monoisotopic (exact) mass is 249 g/mol. The van der Waals surface area contributed by atoms with Gasteiger partial charge < -0.3 is 5.32 Å². The van der Waals surface area contributed by atoms with Crippen LogP contribution >= 0.6 is 0 Å². The molecule has 18 heavy (non-hydrogen) atoms. The van der Waals surface area contributed by atoms with E-state index in [2.05, 4.69) is 5.32 Å². The normalized spacial score (nSPS) is 14.3. The van der Waals surface area contributed by atoms with E-state index in [0.29, 0.717) is 36.1 Å². The van der Waals surface area contributed by atoms with Crippen LogP contribution < -0.4 is 5.32 Å². The average Bonchev–Trinajstić information content (AvgIpc) is 2.28. The van der Waals surface area contributed by atoms with Crippen molar-refractivity contribution in [1.82, 2.24) is 0 Å². The molecule has 4 heteroatoms. The summed E-state index contributed by atoms with van der Waals surface area (Å²) in [4.78, 5) is 23.1. The SMILES string of the molecule is CCc1c(F)cc(NC(C)=O)c2c1CCCC2=O. The minimum Gasteiger partial charge on any atom is -0.326 e. The molecule has 0 aromatic heterocycles. The third-order valence-electron chi connectivity index (χ3n) is 3.27. The Hall–Kier alpha value is -1.71. The lowest BCUT2D eigenvalue weighted by molar-refractivity contribution is -0.114. The molecule has 0 unspecified atom stereocenters. The summed E-state index contributed by atoms with van der Waals surface area (Å²) >= 11 is 0. The molecule has 0 saturated heterocycles. The lowest BCUT2D eigenvalue weighted by Crippen LogP contribution is -2.19. The topological polar surface area (TPSA) is 46.2 Å². The molecule has 0 radical (unpaired) electrons. The van der Waals surface area contributed by atoms with Crippen molar-refractivity contribution in [1.29, 1.82) is 0 Å². The highest BCUT2D eigenvalue weighted by molar-refractivity contribution is 6.06. The molecule has 1 amide bonds. The fourth-order valence-electron chi connectivity index (χ4n) is 2.56. The first-order valence-corrected chi connectivity index (χ1v) is 6.19. The number of ketones is 1. The molecule has 0 heterocycles. The lowest BCUT2D eigenvalue weighted by atomic mass is 9.85. The maximum Gasteiger partial charge on any atom is 0.221 e. The summed E-state index contributed by atoms with van der Waals surface area (Å²) in [6, 6.07) is 1.27. The van der Waals surface area contributed by atoms with Crippen molar-refractivity contribution in [3.05, 3.63) is 28.6 Å². The zero-order chi connectivity index (χ0) is 13.3. The van der Waals surface area contributed by atoms with E-state index in [1.54, 1.807) is 0 Å². The van der Waals surface area contributed by atoms with Crippen molar-refractivity contribution in [2.75, 3.05) is 5.32 Å². The Labute approximate surface area is 105 Å². The lowest BCUT2D eigenvalue weighted by Gasteiger charge is -2.22. The Morgan fingerprint density at radius 3 is 2.78 bits per heavy atom. The van der Waals surface area contributed by atoms with Crippen LogP contribution in [0.1, 0.15) is 48.2 Å². The number of carbonyl (C=O) groups is 2. The molecular weight excluding hydrogens is 233 g/mol. The number of amides is 1. The Balaban J connectivity index is 2.64. The number of carbonyl (C=O) groups excluding carboxylic acids is 2. The fraction of sp³-hybridized carbons (Fsp3) is 0.429. The van der Waals surface area contributed by atoms with E-state index in [9.17, 15) is 14.0 Å². The van der Waals surface area contributed by atoms with E-state index < -0.39 is 0 Å². The summed E-state index contributed by atoms with van der Waals surface area (Å²) in [6.07, 6.45) is 2.48. The Morgan fingerprint density at radius 1 is 1.44 bits per heavy atom. The molecule has 0 fully saturated rings. The summed E-state index contributed by atoms with van der Waals surface area (Å²) in [5, 5.41) is 2.56. The van der Waals surface area contributed by atoms with Gasteiger partial charge >= 0.3 is 0 Å². The van der Waals surface area contributed by atoms with Gasteiger partial charge in [-0.15, -0.1) is 0 Å². The third kappa shape index (κ3) is 2.15. The first kappa shape index (κ1) is 12.7. The second-order valence-electron chi connectivity index (χ2n) is 4.55. The van der Waals surface area contributed by atoms with Crippen LogP contribution in [0.4, 0.5) is 10.1 Å². The number of hydrogen-bond acceptors (Lipinski definition) is 2. The number of benzene rings is 1. The van der Waals surface area contributed by atoms with Gasteiger partial charge in [-0.2, -0.15) is 0 Å². The summed E-state index contributed by atoms with van der Waals surface area (Å²) in [6.45, 7) is 3.22. The maximum absolute atomic E-state index is 14.0. The van der Waals surface area contributed by atoms with Crippen molar-refractivity contribution in [2.45, 2.75) is 39.5 Å². The average molecular weight is 249 g/mol. The molecule has 0 saturated carbocycles. The zero-order valence-electron chi connectivity index (χ0n) is 10.6. The first-order chi connectivity index (χ1) is 8.54. The predicted octanol–water partition coefficient (Wildman–Crippen LogP) is 2.87. The van der Waals surface area contributed by atoms with Gasteiger partial charge in [-0.1, -0.05) is 6.92 Å². The second kappa shape index (κ2) is 4.88. The van der Waals surface area contributed by atoms with Gasteiger partial charge in [0.1, 0.15) is 5.82 Å². The second-order valence-corrected chi connectivity index (χ2v) is 4.55. The molecular formula is C14H16FNO2. The minimum atomic E-state index is -0.338. The van der Waals surface area contributed by atoms with Crippen molar-refractivity contribution >= 4 is 17.4 Å². The van der Waals surface area contributed by atoms with Gasteiger partial charge in [-0.25, -0.2) is 4.39 Å². The minimum absolute atomic E-state index is 0.00491. The fourth-order valence-corrected chi connectivity index (χ4v) is 2.56. The van der Waals surface area contributed by atoms with Crippen LogP contribution in [-0.2, 0) is 17.6 Å². The number of rotatable bonds is 2. The number of nitrogens with one attached hydrogen (secondary N) is 1. The van der Waals surface area contributed by atoms with Crippen LogP contribution in [0.25, 0.3) is 0 Å². The number of Topliss-reactive ketones (excluding diaryl/α,β-unsaturated/α-hetero) is 1. The molecule has 2 rings (SSSR count). The highest BCUT2D eigenvalue weighted by atomic mass is 19.1. The molecule has 1 aromatic carbocycles. The van der Waals surface area contributed by atoms with Gasteiger partial charge in [0.2, 0.25) is 5.91 Å². The van der Waals surface area contributed by atoms with E-state index in [-0.39, 0.29) is 17.5 Å². The van der Waals surface area contributed by atoms with Crippen molar-refractivity contribution in [2.24, 2.45) is 0 Å². The van der Waals surface area contributed by atoms with Crippen LogP contribution in [0.5, 0.6) is 0 Å². The summed E-state index contributed by atoms with van der Waals surface area (Å²) < 4.78 is 14.0.